The summed E-state index contributed by atoms with van der Waals surface area (Å²) in [5, 5.41) is 0. The Kier molecular flexibility index (Phi) is 3.43. The molecule has 2 saturated heterocycles. The fourth-order valence-corrected chi connectivity index (χ4v) is 2.30. The molecule has 2 aliphatic rings. The molecule has 0 unspecified atom stereocenters. The van der Waals surface area contributed by atoms with Gasteiger partial charge in [0, 0.05) is 12.8 Å². The summed E-state index contributed by atoms with van der Waals surface area (Å²) < 4.78 is 0. The first-order chi connectivity index (χ1) is 8.86. The molecule has 1 aromatic carbocycles. The fraction of sp³-hybridized carbons (Fsp3) is 0.429. The lowest BCUT2D eigenvalue weighted by Crippen LogP contribution is -2.24. The van der Waals surface area contributed by atoms with Gasteiger partial charge in [0.15, 0.2) is 0 Å². The Labute approximate surface area is 106 Å². The zero-order chi connectivity index (χ0) is 12.4. The maximum absolute atomic E-state index is 5.37. The van der Waals surface area contributed by atoms with E-state index in [2.05, 4.69) is 6.58 Å². The van der Waals surface area contributed by atoms with Gasteiger partial charge in [-0.25, -0.2) is 19.6 Å². The molecule has 2 fully saturated rings. The summed E-state index contributed by atoms with van der Waals surface area (Å²) >= 11 is 0. The van der Waals surface area contributed by atoms with Crippen LogP contribution in [0.4, 0.5) is 0 Å². The second-order valence-electron chi connectivity index (χ2n) is 4.61. The molecule has 18 heavy (non-hydrogen) atoms. The van der Waals surface area contributed by atoms with Crippen LogP contribution >= 0.6 is 0 Å². The highest BCUT2D eigenvalue weighted by molar-refractivity contribution is 5.18. The fourth-order valence-electron chi connectivity index (χ4n) is 2.30. The van der Waals surface area contributed by atoms with E-state index in [0.717, 1.165) is 18.4 Å². The van der Waals surface area contributed by atoms with Gasteiger partial charge in [0.25, 0.3) is 0 Å². The molecular weight excluding hydrogens is 232 g/mol. The monoisotopic (exact) mass is 248 g/mol. The Morgan fingerprint density at radius 1 is 0.944 bits per heavy atom. The number of benzene rings is 1. The van der Waals surface area contributed by atoms with E-state index in [-0.39, 0.29) is 24.4 Å². The SMILES string of the molecule is C=C[C@@H]1C[C@H]([C@H]2C[C@@H](c3ccccc3)OO2)OO1. The minimum Gasteiger partial charge on any atom is -0.230 e. The van der Waals surface area contributed by atoms with Gasteiger partial charge in [0.05, 0.1) is 0 Å². The average Bonchev–Trinajstić information content (AvgIpc) is 3.08. The summed E-state index contributed by atoms with van der Waals surface area (Å²) in [7, 11) is 0. The smallest absolute Gasteiger partial charge is 0.125 e. The van der Waals surface area contributed by atoms with Gasteiger partial charge in [-0.3, -0.25) is 0 Å². The minimum atomic E-state index is -0.0832. The van der Waals surface area contributed by atoms with Crippen LogP contribution in [0.1, 0.15) is 24.5 Å². The van der Waals surface area contributed by atoms with Gasteiger partial charge >= 0.3 is 0 Å². The Bertz CT molecular complexity index is 406. The van der Waals surface area contributed by atoms with Gasteiger partial charge in [-0.15, -0.1) is 6.58 Å². The first-order valence-corrected chi connectivity index (χ1v) is 6.18. The third-order valence-electron chi connectivity index (χ3n) is 3.36. The summed E-state index contributed by atoms with van der Waals surface area (Å²) in [5.41, 5.74) is 1.12. The summed E-state index contributed by atoms with van der Waals surface area (Å²) in [6.45, 7) is 3.69. The van der Waals surface area contributed by atoms with Gasteiger partial charge in [-0.05, 0) is 5.56 Å². The van der Waals surface area contributed by atoms with E-state index in [1.807, 2.05) is 30.3 Å². The first-order valence-electron chi connectivity index (χ1n) is 6.18. The van der Waals surface area contributed by atoms with Gasteiger partial charge in [0.2, 0.25) is 0 Å². The Hall–Kier alpha value is -1.20. The highest BCUT2D eigenvalue weighted by Gasteiger charge is 2.40. The molecule has 1 aromatic rings. The van der Waals surface area contributed by atoms with Crippen LogP contribution in [-0.4, -0.2) is 18.3 Å². The molecule has 0 radical (unpaired) electrons. The predicted molar refractivity (Wildman–Crippen MR) is 64.3 cm³/mol. The third-order valence-corrected chi connectivity index (χ3v) is 3.36. The molecule has 4 atom stereocenters. The van der Waals surface area contributed by atoms with Crippen molar-refractivity contribution in [2.45, 2.75) is 37.3 Å². The number of rotatable bonds is 3. The number of hydrogen-bond acceptors (Lipinski definition) is 4. The second-order valence-corrected chi connectivity index (χ2v) is 4.61. The summed E-state index contributed by atoms with van der Waals surface area (Å²) in [5.74, 6) is 0. The molecule has 4 nitrogen and oxygen atoms in total. The second kappa shape index (κ2) is 5.20. The molecule has 0 amide bonds. The Morgan fingerprint density at radius 3 is 2.39 bits per heavy atom. The normalized spacial score (nSPS) is 35.8. The lowest BCUT2D eigenvalue weighted by Gasteiger charge is -2.11. The van der Waals surface area contributed by atoms with E-state index < -0.39 is 0 Å². The molecule has 2 heterocycles. The van der Waals surface area contributed by atoms with Crippen LogP contribution in [0.5, 0.6) is 0 Å². The zero-order valence-electron chi connectivity index (χ0n) is 10.0. The minimum absolute atomic E-state index is 0.0254. The van der Waals surface area contributed by atoms with Crippen LogP contribution in [0.25, 0.3) is 0 Å². The van der Waals surface area contributed by atoms with Crippen molar-refractivity contribution < 1.29 is 19.6 Å². The molecular formula is C14H16O4. The maximum Gasteiger partial charge on any atom is 0.125 e. The van der Waals surface area contributed by atoms with Gasteiger partial charge in [-0.2, -0.15) is 0 Å². The highest BCUT2D eigenvalue weighted by atomic mass is 17.2. The molecule has 0 aromatic heterocycles. The van der Waals surface area contributed by atoms with Gasteiger partial charge in [0.1, 0.15) is 24.4 Å². The van der Waals surface area contributed by atoms with E-state index in [9.17, 15) is 0 Å². The van der Waals surface area contributed by atoms with Crippen molar-refractivity contribution in [1.82, 2.24) is 0 Å². The summed E-state index contributed by atoms with van der Waals surface area (Å²) in [6.07, 6.45) is 3.05. The molecule has 4 heteroatoms. The molecule has 3 rings (SSSR count). The molecule has 0 saturated carbocycles. The van der Waals surface area contributed by atoms with Crippen LogP contribution in [0.3, 0.4) is 0 Å². The van der Waals surface area contributed by atoms with Gasteiger partial charge < -0.3 is 0 Å². The van der Waals surface area contributed by atoms with Crippen molar-refractivity contribution in [3.05, 3.63) is 48.6 Å². The van der Waals surface area contributed by atoms with Crippen LogP contribution < -0.4 is 0 Å². The third kappa shape index (κ3) is 2.33. The van der Waals surface area contributed by atoms with E-state index in [0.29, 0.717) is 0 Å². The van der Waals surface area contributed by atoms with E-state index >= 15 is 0 Å². The molecule has 0 spiro atoms. The lowest BCUT2D eigenvalue weighted by atomic mass is 9.99. The van der Waals surface area contributed by atoms with Crippen LogP contribution in [0.15, 0.2) is 43.0 Å². The lowest BCUT2D eigenvalue weighted by molar-refractivity contribution is -0.346. The average molecular weight is 248 g/mol. The standard InChI is InChI=1S/C14H16O4/c1-2-11-8-13(17-15-11)14-9-12(16-18-14)10-6-4-3-5-7-10/h2-7,11-14H,1,8-9H2/t11-,12+,13-,14-/m1/s1. The van der Waals surface area contributed by atoms with E-state index in [1.54, 1.807) is 6.08 Å². The Balaban J connectivity index is 1.61. The van der Waals surface area contributed by atoms with Crippen molar-refractivity contribution >= 4 is 0 Å². The predicted octanol–water partition coefficient (Wildman–Crippen LogP) is 2.72. The van der Waals surface area contributed by atoms with Gasteiger partial charge in [-0.1, -0.05) is 36.4 Å². The van der Waals surface area contributed by atoms with Crippen molar-refractivity contribution in [3.8, 4) is 0 Å². The van der Waals surface area contributed by atoms with Crippen LogP contribution in [-0.2, 0) is 19.6 Å². The van der Waals surface area contributed by atoms with E-state index in [4.69, 9.17) is 19.6 Å². The highest BCUT2D eigenvalue weighted by Crippen LogP contribution is 2.35. The Morgan fingerprint density at radius 2 is 1.67 bits per heavy atom. The summed E-state index contributed by atoms with van der Waals surface area (Å²) in [6, 6.07) is 10.0. The quantitative estimate of drug-likeness (QED) is 0.609. The first kappa shape index (κ1) is 11.9. The molecule has 2 aliphatic heterocycles. The molecule has 0 N–H and O–H groups in total. The maximum atomic E-state index is 5.37. The zero-order valence-corrected chi connectivity index (χ0v) is 10.0. The van der Waals surface area contributed by atoms with Crippen molar-refractivity contribution in [2.24, 2.45) is 0 Å². The van der Waals surface area contributed by atoms with E-state index in [1.165, 1.54) is 0 Å². The molecule has 0 aliphatic carbocycles. The van der Waals surface area contributed by atoms with Crippen LogP contribution in [0.2, 0.25) is 0 Å². The van der Waals surface area contributed by atoms with Crippen molar-refractivity contribution in [3.63, 3.8) is 0 Å². The van der Waals surface area contributed by atoms with Crippen molar-refractivity contribution in [1.29, 1.82) is 0 Å². The van der Waals surface area contributed by atoms with Crippen LogP contribution in [0, 0.1) is 0 Å². The largest absolute Gasteiger partial charge is 0.230 e. The topological polar surface area (TPSA) is 36.9 Å². The molecule has 0 bridgehead atoms. The molecule has 96 valence electrons. The summed E-state index contributed by atoms with van der Waals surface area (Å²) in [4.78, 5) is 21.1. The number of hydrogen-bond donors (Lipinski definition) is 0. The van der Waals surface area contributed by atoms with Crippen molar-refractivity contribution in [2.75, 3.05) is 0 Å².